The minimum atomic E-state index is 0.335. The summed E-state index contributed by atoms with van der Waals surface area (Å²) in [6.07, 6.45) is 9.49. The molecule has 1 saturated carbocycles. The van der Waals surface area contributed by atoms with Crippen LogP contribution in [0.4, 0.5) is 0 Å². The molecule has 20 heavy (non-hydrogen) atoms. The van der Waals surface area contributed by atoms with Gasteiger partial charge in [0, 0.05) is 18.8 Å². The Balaban J connectivity index is 1.42. The zero-order valence-electron chi connectivity index (χ0n) is 11.9. The monoisotopic (exact) mass is 276 g/mol. The Hall–Kier alpha value is -1.13. The molecule has 3 rings (SSSR count). The topological polar surface area (TPSA) is 54.4 Å². The van der Waals surface area contributed by atoms with Crippen LogP contribution in [0.2, 0.25) is 0 Å². The molecule has 0 spiro atoms. The normalized spacial score (nSPS) is 27.9. The third kappa shape index (κ3) is 3.70. The maximum Gasteiger partial charge on any atom is 0.137 e. The van der Waals surface area contributed by atoms with Gasteiger partial charge >= 0.3 is 0 Å². The van der Waals surface area contributed by atoms with Gasteiger partial charge in [-0.1, -0.05) is 0 Å². The van der Waals surface area contributed by atoms with Crippen molar-refractivity contribution in [1.82, 2.24) is 10.3 Å². The summed E-state index contributed by atoms with van der Waals surface area (Å²) < 4.78 is 5.77. The summed E-state index contributed by atoms with van der Waals surface area (Å²) in [7, 11) is 0. The summed E-state index contributed by atoms with van der Waals surface area (Å²) in [6.45, 7) is 2.19. The SMILES string of the molecule is OCC[C@@H]1C[C@H]1CCc1cncc(OC[C@@H]2CCN2)c1. The number of aliphatic hydroxyl groups is 1. The number of ether oxygens (including phenoxy) is 1. The van der Waals surface area contributed by atoms with Gasteiger partial charge in [-0.3, -0.25) is 4.98 Å². The molecule has 4 nitrogen and oxygen atoms in total. The second-order valence-corrected chi connectivity index (χ2v) is 6.09. The summed E-state index contributed by atoms with van der Waals surface area (Å²) >= 11 is 0. The average Bonchev–Trinajstić information content (AvgIpc) is 3.14. The fraction of sp³-hybridized carbons (Fsp3) is 0.688. The second kappa shape index (κ2) is 6.55. The number of hydrogen-bond acceptors (Lipinski definition) is 4. The van der Waals surface area contributed by atoms with Crippen molar-refractivity contribution in [1.29, 1.82) is 0 Å². The third-order valence-corrected chi connectivity index (χ3v) is 4.52. The van der Waals surface area contributed by atoms with Gasteiger partial charge in [-0.2, -0.15) is 0 Å². The van der Waals surface area contributed by atoms with Crippen molar-refractivity contribution in [3.63, 3.8) is 0 Å². The minimum Gasteiger partial charge on any atom is -0.490 e. The molecule has 3 atom stereocenters. The highest BCUT2D eigenvalue weighted by molar-refractivity contribution is 5.24. The predicted octanol–water partition coefficient (Wildman–Crippen LogP) is 1.77. The van der Waals surface area contributed by atoms with Gasteiger partial charge in [-0.05, 0) is 62.1 Å². The maximum atomic E-state index is 8.91. The molecule has 4 heteroatoms. The fourth-order valence-electron chi connectivity index (χ4n) is 2.90. The smallest absolute Gasteiger partial charge is 0.137 e. The first-order valence-corrected chi connectivity index (χ1v) is 7.76. The molecule has 0 radical (unpaired) electrons. The molecule has 2 fully saturated rings. The largest absolute Gasteiger partial charge is 0.490 e. The number of aliphatic hydroxyl groups excluding tert-OH is 1. The lowest BCUT2D eigenvalue weighted by atomic mass is 10.1. The number of pyridine rings is 1. The zero-order chi connectivity index (χ0) is 13.8. The van der Waals surface area contributed by atoms with E-state index in [9.17, 15) is 0 Å². The van der Waals surface area contributed by atoms with E-state index in [1.165, 1.54) is 24.8 Å². The molecule has 1 aliphatic heterocycles. The maximum absolute atomic E-state index is 8.91. The Morgan fingerprint density at radius 1 is 1.30 bits per heavy atom. The van der Waals surface area contributed by atoms with Crippen molar-refractivity contribution in [2.24, 2.45) is 11.8 Å². The van der Waals surface area contributed by atoms with Gasteiger partial charge in [0.25, 0.3) is 0 Å². The molecule has 2 heterocycles. The molecule has 1 aromatic rings. The van der Waals surface area contributed by atoms with Crippen molar-refractivity contribution in [2.45, 2.75) is 38.1 Å². The molecule has 0 aromatic carbocycles. The first kappa shape index (κ1) is 13.8. The van der Waals surface area contributed by atoms with Crippen LogP contribution >= 0.6 is 0 Å². The standard InChI is InChI=1S/C16H24N2O2/c19-6-4-14-8-13(14)2-1-12-7-16(10-17-9-12)20-11-15-3-5-18-15/h7,9-10,13-15,18-19H,1-6,8,11H2/t13-,14-,15+/m1/s1. The highest BCUT2D eigenvalue weighted by Crippen LogP contribution is 2.44. The van der Waals surface area contributed by atoms with Crippen LogP contribution in [-0.4, -0.2) is 35.9 Å². The first-order valence-electron chi connectivity index (χ1n) is 7.76. The quantitative estimate of drug-likeness (QED) is 0.760. The Morgan fingerprint density at radius 2 is 2.15 bits per heavy atom. The molecule has 110 valence electrons. The summed E-state index contributed by atoms with van der Waals surface area (Å²) in [5.74, 6) is 2.46. The van der Waals surface area contributed by atoms with Gasteiger partial charge < -0.3 is 15.2 Å². The van der Waals surface area contributed by atoms with Crippen LogP contribution < -0.4 is 10.1 Å². The van der Waals surface area contributed by atoms with Gasteiger partial charge in [0.2, 0.25) is 0 Å². The summed E-state index contributed by atoms with van der Waals surface area (Å²) in [5, 5.41) is 12.2. The lowest BCUT2D eigenvalue weighted by Gasteiger charge is -2.27. The molecule has 1 aliphatic carbocycles. The number of rotatable bonds is 8. The molecule has 0 bridgehead atoms. The molecule has 1 saturated heterocycles. The molecular formula is C16H24N2O2. The summed E-state index contributed by atoms with van der Waals surface area (Å²) in [4.78, 5) is 4.27. The fourth-order valence-corrected chi connectivity index (χ4v) is 2.90. The van der Waals surface area contributed by atoms with Crippen molar-refractivity contribution >= 4 is 0 Å². The van der Waals surface area contributed by atoms with Crippen molar-refractivity contribution in [2.75, 3.05) is 19.8 Å². The van der Waals surface area contributed by atoms with Gasteiger partial charge in [0.05, 0.1) is 6.20 Å². The molecule has 1 aromatic heterocycles. The predicted molar refractivity (Wildman–Crippen MR) is 77.8 cm³/mol. The Labute approximate surface area is 120 Å². The van der Waals surface area contributed by atoms with E-state index in [1.807, 2.05) is 6.20 Å². The lowest BCUT2D eigenvalue weighted by Crippen LogP contribution is -2.46. The van der Waals surface area contributed by atoms with Gasteiger partial charge in [0.15, 0.2) is 0 Å². The Morgan fingerprint density at radius 3 is 2.90 bits per heavy atom. The number of hydrogen-bond donors (Lipinski definition) is 2. The first-order chi connectivity index (χ1) is 9.85. The minimum absolute atomic E-state index is 0.335. The van der Waals surface area contributed by atoms with Gasteiger partial charge in [-0.15, -0.1) is 0 Å². The van der Waals surface area contributed by atoms with E-state index in [0.29, 0.717) is 12.6 Å². The van der Waals surface area contributed by atoms with Crippen molar-refractivity contribution < 1.29 is 9.84 Å². The van der Waals surface area contributed by atoms with E-state index in [1.54, 1.807) is 6.20 Å². The molecule has 0 unspecified atom stereocenters. The van der Waals surface area contributed by atoms with Crippen molar-refractivity contribution in [3.05, 3.63) is 24.0 Å². The van der Waals surface area contributed by atoms with Crippen molar-refractivity contribution in [3.8, 4) is 5.75 Å². The third-order valence-electron chi connectivity index (χ3n) is 4.52. The average molecular weight is 276 g/mol. The lowest BCUT2D eigenvalue weighted by molar-refractivity contribution is 0.217. The van der Waals surface area contributed by atoms with E-state index >= 15 is 0 Å². The zero-order valence-corrected chi connectivity index (χ0v) is 11.9. The van der Waals surface area contributed by atoms with Crippen LogP contribution in [0.15, 0.2) is 18.5 Å². The van der Waals surface area contributed by atoms with E-state index in [2.05, 4.69) is 16.4 Å². The number of aromatic nitrogens is 1. The van der Waals surface area contributed by atoms with E-state index < -0.39 is 0 Å². The molecule has 2 aliphatic rings. The number of aryl methyl sites for hydroxylation is 1. The van der Waals surface area contributed by atoms with Crippen LogP contribution in [-0.2, 0) is 6.42 Å². The van der Waals surface area contributed by atoms with Crippen LogP contribution in [0.5, 0.6) is 5.75 Å². The van der Waals surface area contributed by atoms with E-state index in [-0.39, 0.29) is 0 Å². The van der Waals surface area contributed by atoms with E-state index in [0.717, 1.165) is 43.6 Å². The highest BCUT2D eigenvalue weighted by atomic mass is 16.5. The number of nitrogens with zero attached hydrogens (tertiary/aromatic N) is 1. The molecule has 2 N–H and O–H groups in total. The van der Waals surface area contributed by atoms with Gasteiger partial charge in [-0.25, -0.2) is 0 Å². The molecular weight excluding hydrogens is 252 g/mol. The van der Waals surface area contributed by atoms with Crippen LogP contribution in [0.3, 0.4) is 0 Å². The molecule has 0 amide bonds. The summed E-state index contributed by atoms with van der Waals surface area (Å²) in [5.41, 5.74) is 1.26. The van der Waals surface area contributed by atoms with Crippen LogP contribution in [0, 0.1) is 11.8 Å². The highest BCUT2D eigenvalue weighted by Gasteiger charge is 2.35. The van der Waals surface area contributed by atoms with Gasteiger partial charge in [0.1, 0.15) is 12.4 Å². The summed E-state index contributed by atoms with van der Waals surface area (Å²) in [6, 6.07) is 2.64. The number of nitrogens with one attached hydrogen (secondary N) is 1. The van der Waals surface area contributed by atoms with Crippen LogP contribution in [0.1, 0.15) is 31.2 Å². The van der Waals surface area contributed by atoms with Crippen LogP contribution in [0.25, 0.3) is 0 Å². The Bertz CT molecular complexity index is 434. The second-order valence-electron chi connectivity index (χ2n) is 6.09. The Kier molecular flexibility index (Phi) is 4.53. The van der Waals surface area contributed by atoms with E-state index in [4.69, 9.17) is 9.84 Å².